The molecule has 0 radical (unpaired) electrons. The van der Waals surface area contributed by atoms with Crippen LogP contribution in [0.4, 0.5) is 13.2 Å². The highest BCUT2D eigenvalue weighted by molar-refractivity contribution is 7.89. The lowest BCUT2D eigenvalue weighted by molar-refractivity contribution is -0.137. The van der Waals surface area contributed by atoms with E-state index in [1.165, 1.54) is 41.9 Å². The van der Waals surface area contributed by atoms with Gasteiger partial charge in [0.05, 0.1) is 40.3 Å². The molecule has 1 N–H and O–H groups in total. The molecular weight excluding hydrogens is 573 g/mol. The van der Waals surface area contributed by atoms with Gasteiger partial charge in [0.2, 0.25) is 10.0 Å². The molecule has 4 rings (SSSR count). The second kappa shape index (κ2) is 10.7. The lowest BCUT2D eigenvalue weighted by atomic mass is 9.98. The Kier molecular flexibility index (Phi) is 7.79. The fraction of sp³-hybridized carbons (Fsp3) is 0.286. The smallest absolute Gasteiger partial charge is 0.268 e. The first-order valence-electron chi connectivity index (χ1n) is 12.5. The highest BCUT2D eigenvalue weighted by Crippen LogP contribution is 2.33. The molecule has 2 aromatic carbocycles. The van der Waals surface area contributed by atoms with Gasteiger partial charge in [-0.2, -0.15) is 23.5 Å². The number of nitrogens with zero attached hydrogens (tertiary/aromatic N) is 5. The number of halogens is 3. The average Bonchev–Trinajstić information content (AvgIpc) is 3.36. The molecule has 0 aliphatic rings. The summed E-state index contributed by atoms with van der Waals surface area (Å²) in [4.78, 5) is 26.6. The first kappa shape index (κ1) is 30.5. The van der Waals surface area contributed by atoms with Crippen molar-refractivity contribution in [2.45, 2.75) is 38.8 Å². The third-order valence-corrected chi connectivity index (χ3v) is 7.82. The Hall–Kier alpha value is -4.48. The van der Waals surface area contributed by atoms with Crippen LogP contribution in [0.25, 0.3) is 22.6 Å². The molecule has 4 aromatic rings. The molecule has 220 valence electrons. The SMILES string of the molecule is Cc1c(-c2c(S(=O)(=O)NCC(C)(C)C)cnn2-c2ccc(C#N)cc2)c(=O)n(C)c(=O)n1-c1cccc(C(F)(F)F)c1. The highest BCUT2D eigenvalue weighted by atomic mass is 32.2. The summed E-state index contributed by atoms with van der Waals surface area (Å²) >= 11 is 0. The van der Waals surface area contributed by atoms with E-state index in [1.54, 1.807) is 0 Å². The molecule has 0 saturated heterocycles. The number of benzene rings is 2. The number of hydrogen-bond donors (Lipinski definition) is 1. The summed E-state index contributed by atoms with van der Waals surface area (Å²) in [6, 6.07) is 11.9. The van der Waals surface area contributed by atoms with Crippen molar-refractivity contribution in [3.63, 3.8) is 0 Å². The maximum atomic E-state index is 13.7. The summed E-state index contributed by atoms with van der Waals surface area (Å²) in [7, 11) is -3.16. The molecule has 0 aliphatic carbocycles. The summed E-state index contributed by atoms with van der Waals surface area (Å²) < 4.78 is 73.0. The lowest BCUT2D eigenvalue weighted by Gasteiger charge is -2.20. The number of alkyl halides is 3. The molecule has 0 bridgehead atoms. The zero-order valence-corrected chi connectivity index (χ0v) is 24.1. The Morgan fingerprint density at radius 1 is 1.02 bits per heavy atom. The zero-order valence-electron chi connectivity index (χ0n) is 23.3. The second-order valence-corrected chi connectivity index (χ2v) is 12.5. The third kappa shape index (κ3) is 5.79. The van der Waals surface area contributed by atoms with E-state index in [1.807, 2.05) is 26.8 Å². The molecule has 42 heavy (non-hydrogen) atoms. The summed E-state index contributed by atoms with van der Waals surface area (Å²) in [6.07, 6.45) is -3.65. The van der Waals surface area contributed by atoms with E-state index in [0.29, 0.717) is 15.8 Å². The molecule has 0 amide bonds. The van der Waals surface area contributed by atoms with Gasteiger partial charge in [-0.1, -0.05) is 26.8 Å². The van der Waals surface area contributed by atoms with Gasteiger partial charge in [0.15, 0.2) is 0 Å². The number of aromatic nitrogens is 4. The van der Waals surface area contributed by atoms with E-state index >= 15 is 0 Å². The predicted molar refractivity (Wildman–Crippen MR) is 149 cm³/mol. The number of sulfonamides is 1. The zero-order chi connectivity index (χ0) is 31.2. The Labute approximate surface area is 239 Å². The van der Waals surface area contributed by atoms with Crippen molar-refractivity contribution in [2.24, 2.45) is 12.5 Å². The van der Waals surface area contributed by atoms with Crippen molar-refractivity contribution in [1.29, 1.82) is 5.26 Å². The van der Waals surface area contributed by atoms with Crippen LogP contribution in [-0.2, 0) is 23.2 Å². The first-order chi connectivity index (χ1) is 19.5. The van der Waals surface area contributed by atoms with Crippen LogP contribution in [0.15, 0.2) is 69.2 Å². The summed E-state index contributed by atoms with van der Waals surface area (Å²) in [6.45, 7) is 6.84. The molecule has 2 aromatic heterocycles. The second-order valence-electron chi connectivity index (χ2n) is 10.8. The van der Waals surface area contributed by atoms with Gasteiger partial charge in [0.1, 0.15) is 10.6 Å². The Morgan fingerprint density at radius 2 is 1.67 bits per heavy atom. The maximum absolute atomic E-state index is 13.7. The molecule has 0 atom stereocenters. The number of hydrogen-bond acceptors (Lipinski definition) is 6. The van der Waals surface area contributed by atoms with Gasteiger partial charge >= 0.3 is 11.9 Å². The van der Waals surface area contributed by atoms with Crippen molar-refractivity contribution in [2.75, 3.05) is 6.54 Å². The maximum Gasteiger partial charge on any atom is 0.416 e. The Bertz CT molecular complexity index is 1940. The van der Waals surface area contributed by atoms with Crippen molar-refractivity contribution in [3.8, 4) is 28.7 Å². The number of nitrogens with one attached hydrogen (secondary N) is 1. The van der Waals surface area contributed by atoms with E-state index in [-0.39, 0.29) is 34.1 Å². The van der Waals surface area contributed by atoms with Crippen LogP contribution in [0, 0.1) is 23.7 Å². The van der Waals surface area contributed by atoms with E-state index in [2.05, 4.69) is 9.82 Å². The normalized spacial score (nSPS) is 12.4. The first-order valence-corrected chi connectivity index (χ1v) is 14.0. The molecule has 0 saturated carbocycles. The van der Waals surface area contributed by atoms with E-state index in [0.717, 1.165) is 36.0 Å². The molecule has 0 fully saturated rings. The van der Waals surface area contributed by atoms with Gasteiger partial charge in [0.25, 0.3) is 5.56 Å². The molecule has 10 nitrogen and oxygen atoms in total. The minimum atomic E-state index is -4.70. The topological polar surface area (TPSA) is 132 Å². The van der Waals surface area contributed by atoms with Gasteiger partial charge in [-0.15, -0.1) is 0 Å². The highest BCUT2D eigenvalue weighted by Gasteiger charge is 2.33. The number of nitriles is 1. The monoisotopic (exact) mass is 600 g/mol. The van der Waals surface area contributed by atoms with E-state index < -0.39 is 38.4 Å². The van der Waals surface area contributed by atoms with Gasteiger partial charge in [-0.3, -0.25) is 13.9 Å². The van der Waals surface area contributed by atoms with Crippen LogP contribution in [-0.4, -0.2) is 33.9 Å². The van der Waals surface area contributed by atoms with Gasteiger partial charge in [-0.05, 0) is 54.8 Å². The average molecular weight is 601 g/mol. The fourth-order valence-electron chi connectivity index (χ4n) is 4.23. The van der Waals surface area contributed by atoms with E-state index in [4.69, 9.17) is 0 Å². The molecule has 0 spiro atoms. The van der Waals surface area contributed by atoms with Crippen molar-refractivity contribution in [1.82, 2.24) is 23.6 Å². The van der Waals surface area contributed by atoms with Gasteiger partial charge in [0, 0.05) is 19.3 Å². The summed E-state index contributed by atoms with van der Waals surface area (Å²) in [5, 5.41) is 13.4. The largest absolute Gasteiger partial charge is 0.416 e. The van der Waals surface area contributed by atoms with Crippen LogP contribution in [0.5, 0.6) is 0 Å². The van der Waals surface area contributed by atoms with Crippen LogP contribution in [0.3, 0.4) is 0 Å². The molecule has 2 heterocycles. The molecule has 0 aliphatic heterocycles. The van der Waals surface area contributed by atoms with Crippen LogP contribution >= 0.6 is 0 Å². The lowest BCUT2D eigenvalue weighted by Crippen LogP contribution is -2.40. The van der Waals surface area contributed by atoms with Crippen LogP contribution in [0.2, 0.25) is 0 Å². The third-order valence-electron chi connectivity index (χ3n) is 6.42. The van der Waals surface area contributed by atoms with E-state index in [9.17, 15) is 36.4 Å². The van der Waals surface area contributed by atoms with Crippen LogP contribution in [0.1, 0.15) is 37.6 Å². The minimum absolute atomic E-state index is 0.0392. The van der Waals surface area contributed by atoms with Crippen molar-refractivity contribution >= 4 is 10.0 Å². The standard InChI is InChI=1S/C28H27F3N6O4S/c1-17-23(25(38)35(5)26(39)36(17)21-8-6-7-19(13-21)28(29,30)31)24-22(42(40,41)34-16-27(2,3)4)15-33-37(24)20-11-9-18(14-32)10-12-20/h6-13,15,34H,16H2,1-5H3. The van der Waals surface area contributed by atoms with Crippen molar-refractivity contribution < 1.29 is 21.6 Å². The molecular formula is C28H27F3N6O4S. The summed E-state index contributed by atoms with van der Waals surface area (Å²) in [5.41, 5.74) is -3.43. The Morgan fingerprint density at radius 3 is 2.24 bits per heavy atom. The number of rotatable bonds is 6. The van der Waals surface area contributed by atoms with Crippen LogP contribution < -0.4 is 16.0 Å². The van der Waals surface area contributed by atoms with Crippen molar-refractivity contribution in [3.05, 3.63) is 92.4 Å². The fourth-order valence-corrected chi connectivity index (χ4v) is 5.64. The Balaban J connectivity index is 2.09. The molecule has 14 heteroatoms. The minimum Gasteiger partial charge on any atom is -0.268 e. The molecule has 0 unspecified atom stereocenters. The van der Waals surface area contributed by atoms with Gasteiger partial charge < -0.3 is 0 Å². The summed E-state index contributed by atoms with van der Waals surface area (Å²) in [5.74, 6) is 0. The quantitative estimate of drug-likeness (QED) is 0.357. The predicted octanol–water partition coefficient (Wildman–Crippen LogP) is 3.91. The van der Waals surface area contributed by atoms with Gasteiger partial charge in [-0.25, -0.2) is 22.6 Å².